The van der Waals surface area contributed by atoms with Gasteiger partial charge in [-0.25, -0.2) is 5.43 Å². The molecule has 23 heavy (non-hydrogen) atoms. The van der Waals surface area contributed by atoms with Gasteiger partial charge >= 0.3 is 6.61 Å². The fraction of sp³-hybridized carbons (Fsp3) is 0.0667. The van der Waals surface area contributed by atoms with Crippen LogP contribution in [0.4, 0.5) is 8.78 Å². The van der Waals surface area contributed by atoms with Crippen LogP contribution in [0.1, 0.15) is 15.9 Å². The first kappa shape index (κ1) is 16.9. The molecular weight excluding hydrogens is 374 g/mol. The predicted octanol–water partition coefficient (Wildman–Crippen LogP) is 3.52. The van der Waals surface area contributed by atoms with Gasteiger partial charge in [0.05, 0.1) is 6.21 Å². The van der Waals surface area contributed by atoms with Crippen molar-refractivity contribution < 1.29 is 23.4 Å². The van der Waals surface area contributed by atoms with Crippen LogP contribution in [0.15, 0.2) is 52.0 Å². The van der Waals surface area contributed by atoms with Crippen LogP contribution in [0.2, 0.25) is 0 Å². The first-order chi connectivity index (χ1) is 11.0. The summed E-state index contributed by atoms with van der Waals surface area (Å²) in [5.41, 5.74) is 2.92. The van der Waals surface area contributed by atoms with E-state index in [2.05, 4.69) is 31.2 Å². The molecular formula is C15H11BrF2N2O3. The number of hydrazone groups is 1. The molecule has 0 saturated carbocycles. The Balaban J connectivity index is 1.97. The molecule has 0 radical (unpaired) electrons. The second-order valence-electron chi connectivity index (χ2n) is 4.31. The van der Waals surface area contributed by atoms with Gasteiger partial charge in [-0.3, -0.25) is 4.79 Å². The molecule has 0 aliphatic rings. The van der Waals surface area contributed by atoms with Gasteiger partial charge in [-0.2, -0.15) is 13.9 Å². The summed E-state index contributed by atoms with van der Waals surface area (Å²) in [6, 6.07) is 10.00. The Morgan fingerprint density at radius 3 is 2.57 bits per heavy atom. The van der Waals surface area contributed by atoms with Crippen molar-refractivity contribution in [3.63, 3.8) is 0 Å². The molecule has 5 nitrogen and oxygen atoms in total. The number of hydrogen-bond acceptors (Lipinski definition) is 4. The summed E-state index contributed by atoms with van der Waals surface area (Å²) in [6.45, 7) is -2.92. The van der Waals surface area contributed by atoms with Crippen LogP contribution < -0.4 is 10.2 Å². The topological polar surface area (TPSA) is 70.9 Å². The maximum atomic E-state index is 12.0. The van der Waals surface area contributed by atoms with E-state index >= 15 is 0 Å². The van der Waals surface area contributed by atoms with Crippen LogP contribution in [0.5, 0.6) is 11.5 Å². The van der Waals surface area contributed by atoms with E-state index in [0.29, 0.717) is 10.0 Å². The number of rotatable bonds is 5. The number of phenolic OH excluding ortho intramolecular Hbond substituents is 1. The zero-order valence-electron chi connectivity index (χ0n) is 11.5. The smallest absolute Gasteiger partial charge is 0.387 e. The normalized spacial score (nSPS) is 11.0. The molecule has 2 aromatic carbocycles. The van der Waals surface area contributed by atoms with Gasteiger partial charge in [-0.05, 0) is 42.5 Å². The second-order valence-corrected chi connectivity index (χ2v) is 5.22. The van der Waals surface area contributed by atoms with E-state index in [9.17, 15) is 18.7 Å². The highest BCUT2D eigenvalue weighted by atomic mass is 79.9. The molecule has 0 spiro atoms. The van der Waals surface area contributed by atoms with Crippen LogP contribution in [0, 0.1) is 0 Å². The summed E-state index contributed by atoms with van der Waals surface area (Å²) in [5.74, 6) is -0.563. The average molecular weight is 385 g/mol. The fourth-order valence-electron chi connectivity index (χ4n) is 1.64. The molecule has 120 valence electrons. The lowest BCUT2D eigenvalue weighted by molar-refractivity contribution is -0.0498. The number of benzene rings is 2. The van der Waals surface area contributed by atoms with Gasteiger partial charge in [0, 0.05) is 15.6 Å². The Morgan fingerprint density at radius 2 is 1.96 bits per heavy atom. The highest BCUT2D eigenvalue weighted by Crippen LogP contribution is 2.20. The predicted molar refractivity (Wildman–Crippen MR) is 83.9 cm³/mol. The molecule has 0 fully saturated rings. The minimum absolute atomic E-state index is 0.00544. The number of nitrogens with zero attached hydrogens (tertiary/aromatic N) is 1. The molecule has 2 N–H and O–H groups in total. The van der Waals surface area contributed by atoms with Crippen molar-refractivity contribution in [2.45, 2.75) is 6.61 Å². The van der Waals surface area contributed by atoms with Gasteiger partial charge in [0.1, 0.15) is 11.5 Å². The van der Waals surface area contributed by atoms with Crippen molar-refractivity contribution >= 4 is 28.1 Å². The van der Waals surface area contributed by atoms with E-state index in [0.717, 1.165) is 0 Å². The van der Waals surface area contributed by atoms with Crippen molar-refractivity contribution in [2.24, 2.45) is 5.10 Å². The molecule has 0 aliphatic heterocycles. The SMILES string of the molecule is O=C(NN=Cc1ccc(Br)cc1O)c1ccc(OC(F)F)cc1. The highest BCUT2D eigenvalue weighted by Gasteiger charge is 2.07. The average Bonchev–Trinajstić information content (AvgIpc) is 2.49. The van der Waals surface area contributed by atoms with Crippen molar-refractivity contribution in [2.75, 3.05) is 0 Å². The summed E-state index contributed by atoms with van der Waals surface area (Å²) in [5, 5.41) is 13.4. The number of carbonyl (C=O) groups excluding carboxylic acids is 1. The van der Waals surface area contributed by atoms with Crippen molar-refractivity contribution in [3.05, 3.63) is 58.1 Å². The van der Waals surface area contributed by atoms with Crippen LogP contribution in [-0.4, -0.2) is 23.8 Å². The molecule has 2 aromatic rings. The minimum atomic E-state index is -2.92. The number of halogens is 3. The quantitative estimate of drug-likeness (QED) is 0.611. The number of amides is 1. The summed E-state index contributed by atoms with van der Waals surface area (Å²) < 4.78 is 28.9. The second kappa shape index (κ2) is 7.68. The van der Waals surface area contributed by atoms with E-state index in [1.165, 1.54) is 36.5 Å². The lowest BCUT2D eigenvalue weighted by Crippen LogP contribution is -2.17. The van der Waals surface area contributed by atoms with E-state index in [1.807, 2.05) is 0 Å². The third kappa shape index (κ3) is 5.03. The van der Waals surface area contributed by atoms with Crippen LogP contribution in [-0.2, 0) is 0 Å². The van der Waals surface area contributed by atoms with Crippen LogP contribution in [0.25, 0.3) is 0 Å². The Hall–Kier alpha value is -2.48. The maximum Gasteiger partial charge on any atom is 0.387 e. The van der Waals surface area contributed by atoms with Crippen molar-refractivity contribution in [3.8, 4) is 11.5 Å². The summed E-state index contributed by atoms with van der Waals surface area (Å²) >= 11 is 3.21. The molecule has 0 aliphatic carbocycles. The van der Waals surface area contributed by atoms with E-state index in [1.54, 1.807) is 12.1 Å². The van der Waals surface area contributed by atoms with E-state index in [-0.39, 0.29) is 17.1 Å². The van der Waals surface area contributed by atoms with E-state index in [4.69, 9.17) is 0 Å². The number of alkyl halides is 2. The molecule has 0 unspecified atom stereocenters. The Morgan fingerprint density at radius 1 is 1.26 bits per heavy atom. The fourth-order valence-corrected chi connectivity index (χ4v) is 1.99. The highest BCUT2D eigenvalue weighted by molar-refractivity contribution is 9.10. The van der Waals surface area contributed by atoms with Gasteiger partial charge in [-0.1, -0.05) is 15.9 Å². The largest absolute Gasteiger partial charge is 0.507 e. The molecule has 2 rings (SSSR count). The summed E-state index contributed by atoms with van der Waals surface area (Å²) in [4.78, 5) is 11.8. The summed E-state index contributed by atoms with van der Waals surface area (Å²) in [7, 11) is 0. The molecule has 8 heteroatoms. The monoisotopic (exact) mass is 384 g/mol. The van der Waals surface area contributed by atoms with Gasteiger partial charge in [0.2, 0.25) is 0 Å². The van der Waals surface area contributed by atoms with Gasteiger partial charge < -0.3 is 9.84 Å². The molecule has 0 heterocycles. The number of carbonyl (C=O) groups is 1. The number of phenols is 1. The lowest BCUT2D eigenvalue weighted by atomic mass is 10.2. The van der Waals surface area contributed by atoms with Crippen LogP contribution in [0.3, 0.4) is 0 Å². The number of aromatic hydroxyl groups is 1. The third-order valence-electron chi connectivity index (χ3n) is 2.70. The summed E-state index contributed by atoms with van der Waals surface area (Å²) in [6.07, 6.45) is 1.29. The number of ether oxygens (including phenoxy) is 1. The number of nitrogens with one attached hydrogen (secondary N) is 1. The molecule has 1 amide bonds. The zero-order chi connectivity index (χ0) is 16.8. The zero-order valence-corrected chi connectivity index (χ0v) is 13.1. The van der Waals surface area contributed by atoms with Gasteiger partial charge in [0.25, 0.3) is 5.91 Å². The number of hydrogen-bond donors (Lipinski definition) is 2. The van der Waals surface area contributed by atoms with Crippen LogP contribution >= 0.6 is 15.9 Å². The Bertz CT molecular complexity index is 721. The molecule has 0 atom stereocenters. The van der Waals surface area contributed by atoms with E-state index < -0.39 is 12.5 Å². The maximum absolute atomic E-state index is 12.0. The van der Waals surface area contributed by atoms with Crippen molar-refractivity contribution in [1.29, 1.82) is 0 Å². The van der Waals surface area contributed by atoms with Crippen molar-refractivity contribution in [1.82, 2.24) is 5.43 Å². The van der Waals surface area contributed by atoms with Gasteiger partial charge in [-0.15, -0.1) is 0 Å². The Kier molecular flexibility index (Phi) is 5.64. The minimum Gasteiger partial charge on any atom is -0.507 e. The lowest BCUT2D eigenvalue weighted by Gasteiger charge is -2.05. The molecule has 0 bridgehead atoms. The standard InChI is InChI=1S/C15H11BrF2N2O3/c16-11-4-1-10(13(21)7-11)8-19-20-14(22)9-2-5-12(6-3-9)23-15(17)18/h1-8,15,21H,(H,20,22). The molecule has 0 aromatic heterocycles. The Labute approximate surface area is 138 Å². The first-order valence-corrected chi connectivity index (χ1v) is 7.12. The third-order valence-corrected chi connectivity index (χ3v) is 3.20. The first-order valence-electron chi connectivity index (χ1n) is 6.32. The van der Waals surface area contributed by atoms with Gasteiger partial charge in [0.15, 0.2) is 0 Å². The molecule has 0 saturated heterocycles.